The average Bonchev–Trinajstić information content (AvgIpc) is 3.23. The Hall–Kier alpha value is -1.17. The molecule has 5 nitrogen and oxygen atoms in total. The Labute approximate surface area is 362 Å². The van der Waals surface area contributed by atoms with Crippen molar-refractivity contribution in [3.63, 3.8) is 0 Å². The van der Waals surface area contributed by atoms with E-state index in [-0.39, 0.29) is 12.5 Å². The molecule has 0 aromatic heterocycles. The third kappa shape index (κ3) is 42.9. The van der Waals surface area contributed by atoms with E-state index in [4.69, 9.17) is 0 Å². The average molecular weight is 818 g/mol. The van der Waals surface area contributed by atoms with Crippen LogP contribution in [-0.2, 0) is 4.79 Å². The largest absolute Gasteiger partial charge is 0.394 e. The summed E-state index contributed by atoms with van der Waals surface area (Å²) in [6, 6.07) is -0.822. The number of carbonyl (C=O) groups excluding carboxylic acids is 1. The lowest BCUT2D eigenvalue weighted by Gasteiger charge is -2.26. The zero-order valence-electron chi connectivity index (χ0n) is 39.2. The van der Waals surface area contributed by atoms with Crippen LogP contribution >= 0.6 is 0 Å². The van der Waals surface area contributed by atoms with E-state index in [0.717, 1.165) is 38.5 Å². The molecule has 0 aromatic rings. The van der Waals surface area contributed by atoms with Crippen molar-refractivity contribution in [1.82, 2.24) is 5.32 Å². The standard InChI is InChI=1S/C53H103NO4/c1-3-5-7-9-11-13-14-15-16-17-18-19-20-21-22-23-24-25-26-27-28-29-30-31-32-33-34-35-36-37-38-40-42-44-46-48-52(57)54-50(49-55)53(58)51(56)47-45-43-41-39-12-10-8-6-4-2/h23-24,39,41,50-51,53,55-56,58H,3-22,25-38,40,42-49H2,1-2H3,(H,54,57)/b24-23-,41-39+. The van der Waals surface area contributed by atoms with Crippen molar-refractivity contribution in [3.8, 4) is 0 Å². The second-order valence-electron chi connectivity index (χ2n) is 18.1. The van der Waals surface area contributed by atoms with Gasteiger partial charge in [-0.1, -0.05) is 237 Å². The molecule has 58 heavy (non-hydrogen) atoms. The van der Waals surface area contributed by atoms with E-state index in [1.807, 2.05) is 0 Å². The topological polar surface area (TPSA) is 89.8 Å². The van der Waals surface area contributed by atoms with Crippen LogP contribution in [0.2, 0.25) is 0 Å². The van der Waals surface area contributed by atoms with Crippen LogP contribution in [-0.4, -0.2) is 46.1 Å². The molecule has 0 fully saturated rings. The monoisotopic (exact) mass is 818 g/mol. The maximum Gasteiger partial charge on any atom is 0.220 e. The lowest BCUT2D eigenvalue weighted by atomic mass is 10.0. The molecular weight excluding hydrogens is 715 g/mol. The number of allylic oxidation sites excluding steroid dienone is 4. The highest BCUT2D eigenvalue weighted by molar-refractivity contribution is 5.76. The van der Waals surface area contributed by atoms with Gasteiger partial charge in [-0.05, 0) is 64.2 Å². The second kappa shape index (κ2) is 48.5. The molecule has 0 saturated carbocycles. The molecule has 344 valence electrons. The van der Waals surface area contributed by atoms with Gasteiger partial charge in [-0.2, -0.15) is 0 Å². The molecule has 0 heterocycles. The van der Waals surface area contributed by atoms with E-state index >= 15 is 0 Å². The molecule has 3 atom stereocenters. The first-order valence-corrected chi connectivity index (χ1v) is 26.1. The lowest BCUT2D eigenvalue weighted by molar-refractivity contribution is -0.124. The van der Waals surface area contributed by atoms with Crippen LogP contribution in [0.5, 0.6) is 0 Å². The van der Waals surface area contributed by atoms with Gasteiger partial charge in [0, 0.05) is 6.42 Å². The second-order valence-corrected chi connectivity index (χ2v) is 18.1. The number of unbranched alkanes of at least 4 members (excludes halogenated alkanes) is 36. The molecule has 0 radical (unpaired) electrons. The summed E-state index contributed by atoms with van der Waals surface area (Å²) in [6.45, 7) is 4.14. The molecule has 0 aromatic carbocycles. The molecule has 0 aliphatic rings. The quantitative estimate of drug-likeness (QED) is 0.0364. The lowest BCUT2D eigenvalue weighted by Crippen LogP contribution is -2.50. The summed E-state index contributed by atoms with van der Waals surface area (Å²) in [6.07, 6.45) is 60.7. The van der Waals surface area contributed by atoms with Gasteiger partial charge in [-0.15, -0.1) is 0 Å². The maximum absolute atomic E-state index is 12.4. The van der Waals surface area contributed by atoms with Crippen LogP contribution in [0, 0.1) is 0 Å². The molecular formula is C53H103NO4. The van der Waals surface area contributed by atoms with Crippen LogP contribution in [0.15, 0.2) is 24.3 Å². The van der Waals surface area contributed by atoms with Crippen molar-refractivity contribution < 1.29 is 20.1 Å². The Bertz CT molecular complexity index is 859. The fourth-order valence-corrected chi connectivity index (χ4v) is 8.22. The first-order chi connectivity index (χ1) is 28.6. The minimum Gasteiger partial charge on any atom is -0.394 e. The Morgan fingerprint density at radius 2 is 0.690 bits per heavy atom. The highest BCUT2D eigenvalue weighted by Gasteiger charge is 2.26. The van der Waals surface area contributed by atoms with E-state index in [1.54, 1.807) is 0 Å². The first kappa shape index (κ1) is 56.8. The van der Waals surface area contributed by atoms with E-state index in [1.165, 1.54) is 218 Å². The zero-order valence-corrected chi connectivity index (χ0v) is 39.2. The van der Waals surface area contributed by atoms with E-state index in [2.05, 4.69) is 43.5 Å². The van der Waals surface area contributed by atoms with Gasteiger partial charge in [-0.25, -0.2) is 0 Å². The summed E-state index contributed by atoms with van der Waals surface area (Å²) in [5, 5.41) is 33.4. The predicted octanol–water partition coefficient (Wildman–Crippen LogP) is 15.7. The van der Waals surface area contributed by atoms with Crippen molar-refractivity contribution in [2.45, 2.75) is 302 Å². The minimum atomic E-state index is -1.15. The fourth-order valence-electron chi connectivity index (χ4n) is 8.22. The fraction of sp³-hybridized carbons (Fsp3) is 0.906. The van der Waals surface area contributed by atoms with Crippen LogP contribution in [0.4, 0.5) is 0 Å². The van der Waals surface area contributed by atoms with Crippen molar-refractivity contribution in [3.05, 3.63) is 24.3 Å². The third-order valence-electron chi connectivity index (χ3n) is 12.3. The Kier molecular flexibility index (Phi) is 47.5. The van der Waals surface area contributed by atoms with E-state index < -0.39 is 18.2 Å². The predicted molar refractivity (Wildman–Crippen MR) is 255 cm³/mol. The summed E-state index contributed by atoms with van der Waals surface area (Å²) in [7, 11) is 0. The minimum absolute atomic E-state index is 0.153. The number of nitrogens with one attached hydrogen (secondary N) is 1. The maximum atomic E-state index is 12.4. The van der Waals surface area contributed by atoms with Gasteiger partial charge < -0.3 is 20.6 Å². The Balaban J connectivity index is 3.42. The SMILES string of the molecule is CCCCCC/C=C/CCCC(O)C(O)C(CO)NC(=O)CCCCCCCCCCCCCCCCCCC/C=C\CCCCCCCCCCCCCCCC. The summed E-state index contributed by atoms with van der Waals surface area (Å²) < 4.78 is 0. The van der Waals surface area contributed by atoms with Gasteiger partial charge in [-0.3, -0.25) is 4.79 Å². The van der Waals surface area contributed by atoms with Gasteiger partial charge in [0.25, 0.3) is 0 Å². The first-order valence-electron chi connectivity index (χ1n) is 26.1. The number of hydrogen-bond donors (Lipinski definition) is 4. The molecule has 3 unspecified atom stereocenters. The molecule has 5 heteroatoms. The highest BCUT2D eigenvalue weighted by Crippen LogP contribution is 2.17. The smallest absolute Gasteiger partial charge is 0.220 e. The van der Waals surface area contributed by atoms with Crippen LogP contribution < -0.4 is 5.32 Å². The molecule has 0 spiro atoms. The van der Waals surface area contributed by atoms with E-state index in [0.29, 0.717) is 12.8 Å². The molecule has 1 amide bonds. The summed E-state index contributed by atoms with van der Waals surface area (Å²) in [4.78, 5) is 12.4. The number of amides is 1. The molecule has 4 N–H and O–H groups in total. The highest BCUT2D eigenvalue weighted by atomic mass is 16.3. The molecule has 0 aliphatic heterocycles. The van der Waals surface area contributed by atoms with Gasteiger partial charge in [0.05, 0.1) is 18.8 Å². The van der Waals surface area contributed by atoms with Crippen molar-refractivity contribution in [2.75, 3.05) is 6.61 Å². The van der Waals surface area contributed by atoms with Gasteiger partial charge >= 0.3 is 0 Å². The molecule has 0 saturated heterocycles. The van der Waals surface area contributed by atoms with Crippen molar-refractivity contribution in [2.24, 2.45) is 0 Å². The van der Waals surface area contributed by atoms with E-state index in [9.17, 15) is 20.1 Å². The Morgan fingerprint density at radius 3 is 1.02 bits per heavy atom. The summed E-state index contributed by atoms with van der Waals surface area (Å²) in [5.74, 6) is -0.153. The van der Waals surface area contributed by atoms with Crippen LogP contribution in [0.1, 0.15) is 284 Å². The van der Waals surface area contributed by atoms with Crippen molar-refractivity contribution in [1.29, 1.82) is 0 Å². The molecule has 0 aliphatic carbocycles. The summed E-state index contributed by atoms with van der Waals surface area (Å²) >= 11 is 0. The number of aliphatic hydroxyl groups excluding tert-OH is 3. The van der Waals surface area contributed by atoms with Gasteiger partial charge in [0.1, 0.15) is 6.10 Å². The number of carbonyl (C=O) groups is 1. The van der Waals surface area contributed by atoms with Crippen molar-refractivity contribution >= 4 is 5.91 Å². The number of hydrogen-bond acceptors (Lipinski definition) is 4. The zero-order chi connectivity index (χ0) is 42.3. The summed E-state index contributed by atoms with van der Waals surface area (Å²) in [5.41, 5.74) is 0. The van der Waals surface area contributed by atoms with Gasteiger partial charge in [0.2, 0.25) is 5.91 Å². The Morgan fingerprint density at radius 1 is 0.414 bits per heavy atom. The van der Waals surface area contributed by atoms with Crippen LogP contribution in [0.25, 0.3) is 0 Å². The molecule has 0 rings (SSSR count). The number of rotatable bonds is 48. The number of aliphatic hydroxyl groups is 3. The van der Waals surface area contributed by atoms with Gasteiger partial charge in [0.15, 0.2) is 0 Å². The normalized spacial score (nSPS) is 13.5. The molecule has 0 bridgehead atoms. The van der Waals surface area contributed by atoms with Crippen LogP contribution in [0.3, 0.4) is 0 Å². The third-order valence-corrected chi connectivity index (χ3v) is 12.3.